The van der Waals surface area contributed by atoms with E-state index in [-0.39, 0.29) is 5.82 Å². The first-order valence-electron chi connectivity index (χ1n) is 8.30. The van der Waals surface area contributed by atoms with E-state index in [0.717, 1.165) is 5.39 Å². The number of ether oxygens (including phenoxy) is 1. The molecule has 2 aromatic heterocycles. The van der Waals surface area contributed by atoms with Gasteiger partial charge in [0.2, 0.25) is 0 Å². The molecule has 0 unspecified atom stereocenters. The molecule has 134 valence electrons. The van der Waals surface area contributed by atoms with E-state index in [1.54, 1.807) is 50.7 Å². The lowest BCUT2D eigenvalue weighted by molar-refractivity contribution is 0.419. The van der Waals surface area contributed by atoms with Crippen LogP contribution in [-0.2, 0) is 0 Å². The summed E-state index contributed by atoms with van der Waals surface area (Å²) in [5.74, 6) is 1.28. The second-order valence-corrected chi connectivity index (χ2v) is 5.79. The average Bonchev–Trinajstić information content (AvgIpc) is 2.73. The molecule has 2 aromatic carbocycles. The molecule has 0 atom stereocenters. The highest BCUT2D eigenvalue weighted by atomic mass is 19.1. The highest BCUT2D eigenvalue weighted by Gasteiger charge is 2.16. The van der Waals surface area contributed by atoms with E-state index in [4.69, 9.17) is 4.74 Å². The molecule has 4 rings (SSSR count). The zero-order valence-corrected chi connectivity index (χ0v) is 14.8. The highest BCUT2D eigenvalue weighted by Crippen LogP contribution is 2.36. The topological polar surface area (TPSA) is 72.8 Å². The fraction of sp³-hybridized carbons (Fsp3) is 0.100. The van der Waals surface area contributed by atoms with Crippen LogP contribution < -0.4 is 10.1 Å². The molecule has 0 aliphatic carbocycles. The lowest BCUT2D eigenvalue weighted by atomic mass is 10.0. The van der Waals surface area contributed by atoms with Gasteiger partial charge in [0.05, 0.1) is 7.11 Å². The number of aromatic nitrogens is 4. The van der Waals surface area contributed by atoms with Gasteiger partial charge in [-0.15, -0.1) is 0 Å². The SMILES string of the molecule is CNc1nc(-c2ccncn2)nc2c(OC)cc(-c3ccccc3F)cc12. The lowest BCUT2D eigenvalue weighted by Crippen LogP contribution is -2.01. The zero-order valence-electron chi connectivity index (χ0n) is 14.8. The third-order valence-electron chi connectivity index (χ3n) is 4.22. The van der Waals surface area contributed by atoms with Crippen LogP contribution in [0.25, 0.3) is 33.5 Å². The minimum atomic E-state index is -0.302. The first kappa shape index (κ1) is 16.8. The second-order valence-electron chi connectivity index (χ2n) is 5.79. The number of anilines is 1. The van der Waals surface area contributed by atoms with E-state index < -0.39 is 0 Å². The Labute approximate surface area is 155 Å². The molecule has 0 aliphatic heterocycles. The Hall–Kier alpha value is -3.61. The Morgan fingerprint density at radius 1 is 1.07 bits per heavy atom. The van der Waals surface area contributed by atoms with Gasteiger partial charge in [0.1, 0.15) is 34.9 Å². The molecule has 27 heavy (non-hydrogen) atoms. The molecule has 0 saturated carbocycles. The van der Waals surface area contributed by atoms with Crippen molar-refractivity contribution in [1.82, 2.24) is 19.9 Å². The van der Waals surface area contributed by atoms with Crippen LogP contribution in [-0.4, -0.2) is 34.1 Å². The average molecular weight is 361 g/mol. The summed E-state index contributed by atoms with van der Waals surface area (Å²) in [5.41, 5.74) is 2.39. The van der Waals surface area contributed by atoms with Crippen LogP contribution in [0.5, 0.6) is 5.75 Å². The van der Waals surface area contributed by atoms with Gasteiger partial charge in [-0.05, 0) is 29.8 Å². The number of halogens is 1. The van der Waals surface area contributed by atoms with Crippen LogP contribution in [0.1, 0.15) is 0 Å². The molecule has 4 aromatic rings. The van der Waals surface area contributed by atoms with Crippen molar-refractivity contribution in [3.8, 4) is 28.4 Å². The number of nitrogens with one attached hydrogen (secondary N) is 1. The van der Waals surface area contributed by atoms with Gasteiger partial charge >= 0.3 is 0 Å². The van der Waals surface area contributed by atoms with Crippen LogP contribution in [0.3, 0.4) is 0 Å². The van der Waals surface area contributed by atoms with E-state index in [1.165, 1.54) is 12.4 Å². The molecule has 1 N–H and O–H groups in total. The van der Waals surface area contributed by atoms with Crippen LogP contribution >= 0.6 is 0 Å². The van der Waals surface area contributed by atoms with Crippen molar-refractivity contribution in [2.45, 2.75) is 0 Å². The van der Waals surface area contributed by atoms with Crippen molar-refractivity contribution in [2.24, 2.45) is 0 Å². The van der Waals surface area contributed by atoms with Crippen molar-refractivity contribution in [2.75, 3.05) is 19.5 Å². The Balaban J connectivity index is 1.99. The normalized spacial score (nSPS) is 10.8. The number of hydrogen-bond acceptors (Lipinski definition) is 6. The first-order chi connectivity index (χ1) is 13.2. The van der Waals surface area contributed by atoms with E-state index >= 15 is 0 Å². The van der Waals surface area contributed by atoms with Gasteiger partial charge in [0.25, 0.3) is 0 Å². The number of nitrogens with zero attached hydrogens (tertiary/aromatic N) is 4. The highest BCUT2D eigenvalue weighted by molar-refractivity contribution is 5.97. The number of benzene rings is 2. The Bertz CT molecular complexity index is 1120. The molecule has 0 bridgehead atoms. The molecule has 7 heteroatoms. The molecular weight excluding hydrogens is 345 g/mol. The molecule has 0 fully saturated rings. The summed E-state index contributed by atoms with van der Waals surface area (Å²) in [6, 6.07) is 12.0. The number of methoxy groups -OCH3 is 1. The predicted octanol–water partition coefficient (Wildman–Crippen LogP) is 3.94. The van der Waals surface area contributed by atoms with Crippen molar-refractivity contribution in [3.05, 3.63) is 60.8 Å². The van der Waals surface area contributed by atoms with E-state index in [0.29, 0.717) is 39.7 Å². The fourth-order valence-electron chi connectivity index (χ4n) is 2.94. The van der Waals surface area contributed by atoms with E-state index in [9.17, 15) is 4.39 Å². The quantitative estimate of drug-likeness (QED) is 0.593. The maximum absolute atomic E-state index is 14.3. The number of rotatable bonds is 4. The largest absolute Gasteiger partial charge is 0.494 e. The molecule has 0 saturated heterocycles. The molecule has 0 amide bonds. The Morgan fingerprint density at radius 3 is 2.63 bits per heavy atom. The minimum absolute atomic E-state index is 0.302. The maximum atomic E-state index is 14.3. The number of hydrogen-bond donors (Lipinski definition) is 1. The van der Waals surface area contributed by atoms with Gasteiger partial charge in [-0.3, -0.25) is 0 Å². The van der Waals surface area contributed by atoms with Gasteiger partial charge in [0.15, 0.2) is 5.82 Å². The fourth-order valence-corrected chi connectivity index (χ4v) is 2.94. The van der Waals surface area contributed by atoms with Crippen molar-refractivity contribution in [3.63, 3.8) is 0 Å². The van der Waals surface area contributed by atoms with Gasteiger partial charge in [0, 0.05) is 24.2 Å². The third kappa shape index (κ3) is 3.03. The molecule has 0 radical (unpaired) electrons. The molecule has 0 aliphatic rings. The van der Waals surface area contributed by atoms with Gasteiger partial charge in [-0.1, -0.05) is 18.2 Å². The van der Waals surface area contributed by atoms with E-state index in [2.05, 4.69) is 25.3 Å². The summed E-state index contributed by atoms with van der Waals surface area (Å²) in [5, 5.41) is 3.81. The zero-order chi connectivity index (χ0) is 18.8. The molecule has 2 heterocycles. The summed E-state index contributed by atoms with van der Waals surface area (Å²) in [6.45, 7) is 0. The van der Waals surface area contributed by atoms with Crippen molar-refractivity contribution in [1.29, 1.82) is 0 Å². The van der Waals surface area contributed by atoms with Gasteiger partial charge < -0.3 is 10.1 Å². The van der Waals surface area contributed by atoms with Gasteiger partial charge in [-0.2, -0.15) is 0 Å². The predicted molar refractivity (Wildman–Crippen MR) is 102 cm³/mol. The standard InChI is InChI=1S/C20H16FN5O/c1-22-19-14-9-12(13-5-3-4-6-15(13)21)10-17(27-2)18(14)25-20(26-19)16-7-8-23-11-24-16/h3-11H,1-2H3,(H,22,25,26). The van der Waals surface area contributed by atoms with Gasteiger partial charge in [-0.25, -0.2) is 24.3 Å². The summed E-state index contributed by atoms with van der Waals surface area (Å²) >= 11 is 0. The van der Waals surface area contributed by atoms with Crippen molar-refractivity contribution >= 4 is 16.7 Å². The van der Waals surface area contributed by atoms with Crippen molar-refractivity contribution < 1.29 is 9.13 Å². The molecule has 0 spiro atoms. The van der Waals surface area contributed by atoms with Crippen LogP contribution in [0, 0.1) is 5.82 Å². The van der Waals surface area contributed by atoms with Crippen LogP contribution in [0.2, 0.25) is 0 Å². The molecular formula is C20H16FN5O. The smallest absolute Gasteiger partial charge is 0.181 e. The Morgan fingerprint density at radius 2 is 1.93 bits per heavy atom. The summed E-state index contributed by atoms with van der Waals surface area (Å²) in [6.07, 6.45) is 3.08. The second kappa shape index (κ2) is 6.95. The molecule has 6 nitrogen and oxygen atoms in total. The summed E-state index contributed by atoms with van der Waals surface area (Å²) < 4.78 is 19.8. The summed E-state index contributed by atoms with van der Waals surface area (Å²) in [7, 11) is 3.33. The maximum Gasteiger partial charge on any atom is 0.181 e. The Kier molecular flexibility index (Phi) is 4.33. The van der Waals surface area contributed by atoms with Crippen LogP contribution in [0.15, 0.2) is 55.0 Å². The lowest BCUT2D eigenvalue weighted by Gasteiger charge is -2.13. The van der Waals surface area contributed by atoms with Crippen LogP contribution in [0.4, 0.5) is 10.2 Å². The monoisotopic (exact) mass is 361 g/mol. The van der Waals surface area contributed by atoms with E-state index in [1.807, 2.05) is 6.07 Å². The minimum Gasteiger partial charge on any atom is -0.494 e. The number of fused-ring (bicyclic) bond motifs is 1. The third-order valence-corrected chi connectivity index (χ3v) is 4.22. The summed E-state index contributed by atoms with van der Waals surface area (Å²) in [4.78, 5) is 17.3. The first-order valence-corrected chi connectivity index (χ1v) is 8.30.